The average Bonchev–Trinajstić information content (AvgIpc) is 3.28. The molecule has 0 aliphatic carbocycles. The summed E-state index contributed by atoms with van der Waals surface area (Å²) in [6.45, 7) is 2.36. The largest absolute Gasteiger partial charge is 0.493 e. The van der Waals surface area contributed by atoms with E-state index in [1.165, 1.54) is 0 Å². The zero-order chi connectivity index (χ0) is 21.5. The average molecular weight is 414 g/mol. The van der Waals surface area contributed by atoms with Crippen molar-refractivity contribution >= 4 is 5.97 Å². The zero-order valence-corrected chi connectivity index (χ0v) is 17.2. The molecule has 0 bridgehead atoms. The fourth-order valence-corrected chi connectivity index (χ4v) is 3.16. The van der Waals surface area contributed by atoms with Crippen LogP contribution in [0.3, 0.4) is 0 Å². The normalized spacial score (nSPS) is 10.6. The minimum atomic E-state index is -0.359. The summed E-state index contributed by atoms with van der Waals surface area (Å²) in [5.74, 6) is 0.941. The first-order valence-corrected chi connectivity index (χ1v) is 10.1. The third-order valence-electron chi connectivity index (χ3n) is 4.66. The van der Waals surface area contributed by atoms with Gasteiger partial charge in [0.15, 0.2) is 6.61 Å². The van der Waals surface area contributed by atoms with Gasteiger partial charge < -0.3 is 14.0 Å². The van der Waals surface area contributed by atoms with E-state index < -0.39 is 0 Å². The smallest absolute Gasteiger partial charge is 0.310 e. The molecule has 31 heavy (non-hydrogen) atoms. The Kier molecular flexibility index (Phi) is 6.38. The first-order valence-electron chi connectivity index (χ1n) is 10.1. The van der Waals surface area contributed by atoms with E-state index in [1.54, 1.807) is 0 Å². The standard InChI is InChI=1S/C25H22N2O4/c1-2-29-22-11-7-6-10-21(22)25-26-23(31-27-25)17-30-24(28)16-18-12-14-20(15-13-18)19-8-4-3-5-9-19/h3-15H,2,16-17H2,1H3. The van der Waals surface area contributed by atoms with Crippen LogP contribution in [-0.2, 0) is 22.6 Å². The van der Waals surface area contributed by atoms with Gasteiger partial charge in [-0.15, -0.1) is 0 Å². The maximum absolute atomic E-state index is 12.2. The summed E-state index contributed by atoms with van der Waals surface area (Å²) in [4.78, 5) is 16.5. The Bertz CT molecular complexity index is 1140. The molecular formula is C25H22N2O4. The van der Waals surface area contributed by atoms with E-state index in [0.29, 0.717) is 18.2 Å². The highest BCUT2D eigenvalue weighted by molar-refractivity contribution is 5.73. The summed E-state index contributed by atoms with van der Waals surface area (Å²) < 4.78 is 16.1. The van der Waals surface area contributed by atoms with Crippen molar-refractivity contribution in [2.24, 2.45) is 0 Å². The number of carbonyl (C=O) groups is 1. The van der Waals surface area contributed by atoms with E-state index >= 15 is 0 Å². The summed E-state index contributed by atoms with van der Waals surface area (Å²) >= 11 is 0. The number of aromatic nitrogens is 2. The molecule has 1 heterocycles. The third kappa shape index (κ3) is 5.17. The molecular weight excluding hydrogens is 392 g/mol. The summed E-state index contributed by atoms with van der Waals surface area (Å²) in [5, 5.41) is 3.97. The lowest BCUT2D eigenvalue weighted by atomic mass is 10.0. The maximum Gasteiger partial charge on any atom is 0.310 e. The van der Waals surface area contributed by atoms with Gasteiger partial charge in [0.1, 0.15) is 5.75 Å². The van der Waals surface area contributed by atoms with E-state index in [2.05, 4.69) is 22.3 Å². The first-order chi connectivity index (χ1) is 15.2. The highest BCUT2D eigenvalue weighted by Gasteiger charge is 2.15. The van der Waals surface area contributed by atoms with Crippen molar-refractivity contribution in [2.75, 3.05) is 6.61 Å². The number of para-hydroxylation sites is 1. The number of hydrogen-bond donors (Lipinski definition) is 0. The van der Waals surface area contributed by atoms with Crippen molar-refractivity contribution in [3.05, 3.63) is 90.3 Å². The minimum absolute atomic E-state index is 0.0786. The number of esters is 1. The number of benzene rings is 3. The lowest BCUT2D eigenvalue weighted by Gasteiger charge is -2.06. The molecule has 3 aromatic carbocycles. The molecule has 0 saturated carbocycles. The molecule has 4 rings (SSSR count). The highest BCUT2D eigenvalue weighted by Crippen LogP contribution is 2.27. The second-order valence-corrected chi connectivity index (χ2v) is 6.84. The fourth-order valence-electron chi connectivity index (χ4n) is 3.16. The van der Waals surface area contributed by atoms with Crippen LogP contribution in [0.2, 0.25) is 0 Å². The van der Waals surface area contributed by atoms with Crippen LogP contribution >= 0.6 is 0 Å². The third-order valence-corrected chi connectivity index (χ3v) is 4.66. The molecule has 0 saturated heterocycles. The second-order valence-electron chi connectivity index (χ2n) is 6.84. The second kappa shape index (κ2) is 9.71. The minimum Gasteiger partial charge on any atom is -0.493 e. The first kappa shape index (κ1) is 20.3. The summed E-state index contributed by atoms with van der Waals surface area (Å²) in [7, 11) is 0. The van der Waals surface area contributed by atoms with Gasteiger partial charge in [0.05, 0.1) is 18.6 Å². The molecule has 1 aromatic heterocycles. The molecule has 0 N–H and O–H groups in total. The summed E-state index contributed by atoms with van der Waals surface area (Å²) in [6, 6.07) is 25.4. The van der Waals surface area contributed by atoms with Gasteiger partial charge >= 0.3 is 5.97 Å². The molecule has 0 radical (unpaired) electrons. The number of ether oxygens (including phenoxy) is 2. The molecule has 4 aromatic rings. The SMILES string of the molecule is CCOc1ccccc1-c1noc(COC(=O)Cc2ccc(-c3ccccc3)cc2)n1. The summed E-state index contributed by atoms with van der Waals surface area (Å²) in [5.41, 5.74) is 3.84. The van der Waals surface area contributed by atoms with Crippen LogP contribution in [0, 0.1) is 0 Å². The van der Waals surface area contributed by atoms with Crippen LogP contribution in [0.15, 0.2) is 83.4 Å². The summed E-state index contributed by atoms with van der Waals surface area (Å²) in [6.07, 6.45) is 0.170. The Labute approximate surface area is 180 Å². The van der Waals surface area contributed by atoms with Crippen LogP contribution in [0.25, 0.3) is 22.5 Å². The van der Waals surface area contributed by atoms with Gasteiger partial charge in [-0.25, -0.2) is 0 Å². The molecule has 156 valence electrons. The Hall–Kier alpha value is -3.93. The molecule has 0 fully saturated rings. The molecule has 6 heteroatoms. The van der Waals surface area contributed by atoms with Gasteiger partial charge in [0.2, 0.25) is 5.82 Å². The monoisotopic (exact) mass is 414 g/mol. The van der Waals surface area contributed by atoms with Crippen molar-refractivity contribution in [3.63, 3.8) is 0 Å². The predicted octanol–water partition coefficient (Wildman–Crippen LogP) is 5.09. The van der Waals surface area contributed by atoms with Gasteiger partial charge in [-0.3, -0.25) is 4.79 Å². The maximum atomic E-state index is 12.2. The van der Waals surface area contributed by atoms with Crippen molar-refractivity contribution in [3.8, 4) is 28.3 Å². The molecule has 6 nitrogen and oxygen atoms in total. The fraction of sp³-hybridized carbons (Fsp3) is 0.160. The van der Waals surface area contributed by atoms with Crippen LogP contribution in [-0.4, -0.2) is 22.7 Å². The molecule has 0 spiro atoms. The van der Waals surface area contributed by atoms with Crippen molar-refractivity contribution in [1.82, 2.24) is 10.1 Å². The lowest BCUT2D eigenvalue weighted by molar-refractivity contribution is -0.144. The predicted molar refractivity (Wildman–Crippen MR) is 116 cm³/mol. The van der Waals surface area contributed by atoms with Crippen LogP contribution < -0.4 is 4.74 Å². The van der Waals surface area contributed by atoms with Crippen LogP contribution in [0.1, 0.15) is 18.4 Å². The Morgan fingerprint density at radius 3 is 2.39 bits per heavy atom. The number of rotatable bonds is 8. The van der Waals surface area contributed by atoms with Crippen LogP contribution in [0.5, 0.6) is 5.75 Å². The number of nitrogens with zero attached hydrogens (tertiary/aromatic N) is 2. The van der Waals surface area contributed by atoms with E-state index in [4.69, 9.17) is 14.0 Å². The van der Waals surface area contributed by atoms with E-state index in [1.807, 2.05) is 73.7 Å². The van der Waals surface area contributed by atoms with Gasteiger partial charge in [-0.1, -0.05) is 71.9 Å². The molecule has 0 aliphatic rings. The quantitative estimate of drug-likeness (QED) is 0.374. The van der Waals surface area contributed by atoms with Crippen molar-refractivity contribution in [1.29, 1.82) is 0 Å². The Morgan fingerprint density at radius 1 is 0.903 bits per heavy atom. The highest BCUT2D eigenvalue weighted by atomic mass is 16.6. The van der Waals surface area contributed by atoms with Gasteiger partial charge in [-0.05, 0) is 35.7 Å². The Balaban J connectivity index is 1.34. The van der Waals surface area contributed by atoms with E-state index in [0.717, 1.165) is 22.3 Å². The lowest BCUT2D eigenvalue weighted by Crippen LogP contribution is -2.08. The van der Waals surface area contributed by atoms with Crippen LogP contribution in [0.4, 0.5) is 0 Å². The van der Waals surface area contributed by atoms with Crippen molar-refractivity contribution < 1.29 is 18.8 Å². The topological polar surface area (TPSA) is 74.5 Å². The molecule has 0 atom stereocenters. The Morgan fingerprint density at radius 2 is 1.61 bits per heavy atom. The van der Waals surface area contributed by atoms with Gasteiger partial charge in [-0.2, -0.15) is 4.98 Å². The number of carbonyl (C=O) groups excluding carboxylic acids is 1. The molecule has 0 aliphatic heterocycles. The van der Waals surface area contributed by atoms with Gasteiger partial charge in [0, 0.05) is 0 Å². The van der Waals surface area contributed by atoms with Crippen molar-refractivity contribution in [2.45, 2.75) is 20.0 Å². The van der Waals surface area contributed by atoms with E-state index in [-0.39, 0.29) is 24.9 Å². The number of hydrogen-bond acceptors (Lipinski definition) is 6. The molecule has 0 unspecified atom stereocenters. The zero-order valence-electron chi connectivity index (χ0n) is 17.2. The van der Waals surface area contributed by atoms with E-state index in [9.17, 15) is 4.79 Å². The van der Waals surface area contributed by atoms with Gasteiger partial charge in [0.25, 0.3) is 5.89 Å². The molecule has 0 amide bonds.